The summed E-state index contributed by atoms with van der Waals surface area (Å²) in [5, 5.41) is 11.5. The van der Waals surface area contributed by atoms with E-state index in [2.05, 4.69) is 15.5 Å². The predicted octanol–water partition coefficient (Wildman–Crippen LogP) is 3.42. The zero-order chi connectivity index (χ0) is 20.6. The molecule has 0 radical (unpaired) electrons. The first-order valence-corrected chi connectivity index (χ1v) is 10.4. The lowest BCUT2D eigenvalue weighted by Gasteiger charge is -2.22. The standard InChI is InChI=1S/C19H18FN5O2S2/c20-13-5-4-6-14(11-13)22-18-23-24-19(29-18)28-12-17(27)25(10-9-16(21)26)15-7-2-1-3-8-15/h1-8,11H,9-10,12H2,(H2,21,26)(H,22,23). The van der Waals surface area contributed by atoms with Gasteiger partial charge in [0.25, 0.3) is 0 Å². The maximum atomic E-state index is 13.3. The lowest BCUT2D eigenvalue weighted by molar-refractivity contribution is -0.118. The number of carbonyl (C=O) groups is 2. The van der Waals surface area contributed by atoms with Crippen molar-refractivity contribution in [1.29, 1.82) is 0 Å². The van der Waals surface area contributed by atoms with E-state index in [4.69, 9.17) is 5.73 Å². The first kappa shape index (κ1) is 20.7. The molecule has 2 aromatic carbocycles. The number of hydrogen-bond donors (Lipinski definition) is 2. The molecular weight excluding hydrogens is 413 g/mol. The van der Waals surface area contributed by atoms with Gasteiger partial charge < -0.3 is 16.0 Å². The van der Waals surface area contributed by atoms with Gasteiger partial charge in [-0.3, -0.25) is 9.59 Å². The molecule has 1 aromatic heterocycles. The van der Waals surface area contributed by atoms with Crippen LogP contribution in [0, 0.1) is 5.82 Å². The third-order valence-electron chi connectivity index (χ3n) is 3.75. The van der Waals surface area contributed by atoms with E-state index in [0.29, 0.717) is 20.8 Å². The van der Waals surface area contributed by atoms with Crippen LogP contribution in [0.15, 0.2) is 58.9 Å². The third-order valence-corrected chi connectivity index (χ3v) is 5.71. The molecule has 0 fully saturated rings. The molecule has 2 amide bonds. The number of halogens is 1. The predicted molar refractivity (Wildman–Crippen MR) is 113 cm³/mol. The fraction of sp³-hybridized carbons (Fsp3) is 0.158. The number of carbonyl (C=O) groups excluding carboxylic acids is 2. The van der Waals surface area contributed by atoms with Crippen LogP contribution in [0.2, 0.25) is 0 Å². The van der Waals surface area contributed by atoms with Gasteiger partial charge >= 0.3 is 0 Å². The van der Waals surface area contributed by atoms with Crippen molar-refractivity contribution in [3.8, 4) is 0 Å². The van der Waals surface area contributed by atoms with E-state index in [-0.39, 0.29) is 30.4 Å². The van der Waals surface area contributed by atoms with Crippen molar-refractivity contribution < 1.29 is 14.0 Å². The summed E-state index contributed by atoms with van der Waals surface area (Å²) in [4.78, 5) is 25.4. The van der Waals surface area contributed by atoms with E-state index < -0.39 is 5.91 Å². The number of aromatic nitrogens is 2. The van der Waals surface area contributed by atoms with Crippen LogP contribution in [0.25, 0.3) is 0 Å². The minimum atomic E-state index is -0.469. The van der Waals surface area contributed by atoms with Crippen LogP contribution in [0.1, 0.15) is 6.42 Å². The minimum absolute atomic E-state index is 0.0752. The topological polar surface area (TPSA) is 101 Å². The van der Waals surface area contributed by atoms with Gasteiger partial charge in [-0.2, -0.15) is 0 Å². The molecule has 0 saturated carbocycles. The molecule has 0 spiro atoms. The summed E-state index contributed by atoms with van der Waals surface area (Å²) in [6.07, 6.45) is 0.0752. The Hall–Kier alpha value is -2.98. The Labute approximate surface area is 175 Å². The number of nitrogens with one attached hydrogen (secondary N) is 1. The Kier molecular flexibility index (Phi) is 7.14. The first-order chi connectivity index (χ1) is 14.0. The van der Waals surface area contributed by atoms with Crippen molar-refractivity contribution in [2.45, 2.75) is 10.8 Å². The highest BCUT2D eigenvalue weighted by molar-refractivity contribution is 8.01. The molecule has 150 valence electrons. The summed E-state index contributed by atoms with van der Waals surface area (Å²) in [5.74, 6) is -0.861. The largest absolute Gasteiger partial charge is 0.370 e. The summed E-state index contributed by atoms with van der Waals surface area (Å²) in [6, 6.07) is 15.1. The Morgan fingerprint density at radius 2 is 1.93 bits per heavy atom. The molecule has 10 heteroatoms. The Morgan fingerprint density at radius 1 is 1.14 bits per heavy atom. The van der Waals surface area contributed by atoms with Gasteiger partial charge in [0, 0.05) is 24.3 Å². The number of nitrogens with zero attached hydrogens (tertiary/aromatic N) is 3. The van der Waals surface area contributed by atoms with Gasteiger partial charge in [0.2, 0.25) is 16.9 Å². The molecule has 29 heavy (non-hydrogen) atoms. The number of benzene rings is 2. The first-order valence-electron chi connectivity index (χ1n) is 8.64. The second-order valence-corrected chi connectivity index (χ2v) is 8.09. The average Bonchev–Trinajstić information content (AvgIpc) is 3.14. The van der Waals surface area contributed by atoms with E-state index in [0.717, 1.165) is 0 Å². The fourth-order valence-corrected chi connectivity index (χ4v) is 4.09. The zero-order valence-electron chi connectivity index (χ0n) is 15.2. The molecule has 1 heterocycles. The molecule has 7 nitrogen and oxygen atoms in total. The third kappa shape index (κ3) is 6.26. The number of rotatable bonds is 9. The van der Waals surface area contributed by atoms with Crippen LogP contribution in [-0.4, -0.2) is 34.3 Å². The Morgan fingerprint density at radius 3 is 2.66 bits per heavy atom. The van der Waals surface area contributed by atoms with Gasteiger partial charge in [-0.05, 0) is 30.3 Å². The van der Waals surface area contributed by atoms with Crippen molar-refractivity contribution >= 4 is 51.4 Å². The van der Waals surface area contributed by atoms with Crippen LogP contribution in [0.3, 0.4) is 0 Å². The van der Waals surface area contributed by atoms with Crippen molar-refractivity contribution in [2.75, 3.05) is 22.5 Å². The molecule has 0 aliphatic carbocycles. The number of primary amides is 1. The van der Waals surface area contributed by atoms with E-state index in [1.807, 2.05) is 18.2 Å². The highest BCUT2D eigenvalue weighted by Gasteiger charge is 2.18. The lowest BCUT2D eigenvalue weighted by atomic mass is 10.2. The van der Waals surface area contributed by atoms with E-state index in [9.17, 15) is 14.0 Å². The van der Waals surface area contributed by atoms with Gasteiger partial charge in [0.05, 0.1) is 5.75 Å². The lowest BCUT2D eigenvalue weighted by Crippen LogP contribution is -2.35. The fourth-order valence-electron chi connectivity index (χ4n) is 2.44. The number of thioether (sulfide) groups is 1. The summed E-state index contributed by atoms with van der Waals surface area (Å²) in [6.45, 7) is 0.210. The summed E-state index contributed by atoms with van der Waals surface area (Å²) < 4.78 is 13.9. The molecule has 3 aromatic rings. The quantitative estimate of drug-likeness (QED) is 0.504. The summed E-state index contributed by atoms with van der Waals surface area (Å²) in [7, 11) is 0. The molecule has 0 atom stereocenters. The molecule has 0 aliphatic rings. The highest BCUT2D eigenvalue weighted by Crippen LogP contribution is 2.28. The minimum Gasteiger partial charge on any atom is -0.370 e. The molecule has 3 rings (SSSR count). The maximum Gasteiger partial charge on any atom is 0.237 e. The average molecular weight is 432 g/mol. The van der Waals surface area contributed by atoms with Crippen molar-refractivity contribution in [3.63, 3.8) is 0 Å². The Bertz CT molecular complexity index is 983. The van der Waals surface area contributed by atoms with Crippen LogP contribution < -0.4 is 16.0 Å². The van der Waals surface area contributed by atoms with Crippen LogP contribution >= 0.6 is 23.1 Å². The maximum absolute atomic E-state index is 13.3. The van der Waals surface area contributed by atoms with E-state index >= 15 is 0 Å². The molecular formula is C19H18FN5O2S2. The van der Waals surface area contributed by atoms with E-state index in [1.54, 1.807) is 24.3 Å². The molecule has 0 saturated heterocycles. The second kappa shape index (κ2) is 9.99. The van der Waals surface area contributed by atoms with Crippen molar-refractivity contribution in [3.05, 3.63) is 60.4 Å². The molecule has 3 N–H and O–H groups in total. The smallest absolute Gasteiger partial charge is 0.237 e. The SMILES string of the molecule is NC(=O)CCN(C(=O)CSc1nnc(Nc2cccc(F)c2)s1)c1ccccc1. The normalized spacial score (nSPS) is 10.5. The van der Waals surface area contributed by atoms with Gasteiger partial charge in [-0.1, -0.05) is 47.4 Å². The van der Waals surface area contributed by atoms with Gasteiger partial charge in [0.1, 0.15) is 5.82 Å². The molecule has 0 unspecified atom stereocenters. The van der Waals surface area contributed by atoms with Crippen molar-refractivity contribution in [2.24, 2.45) is 5.73 Å². The van der Waals surface area contributed by atoms with E-state index in [1.165, 1.54) is 40.1 Å². The second-order valence-electron chi connectivity index (χ2n) is 5.89. The van der Waals surface area contributed by atoms with Crippen LogP contribution in [-0.2, 0) is 9.59 Å². The zero-order valence-corrected chi connectivity index (χ0v) is 16.9. The van der Waals surface area contributed by atoms with Gasteiger partial charge in [0.15, 0.2) is 4.34 Å². The van der Waals surface area contributed by atoms with Gasteiger partial charge in [-0.15, -0.1) is 10.2 Å². The van der Waals surface area contributed by atoms with Crippen molar-refractivity contribution in [1.82, 2.24) is 10.2 Å². The Balaban J connectivity index is 1.61. The monoisotopic (exact) mass is 431 g/mol. The van der Waals surface area contributed by atoms with Crippen LogP contribution in [0.4, 0.5) is 20.9 Å². The number of amides is 2. The number of para-hydroxylation sites is 1. The molecule has 0 aliphatic heterocycles. The van der Waals surface area contributed by atoms with Crippen LogP contribution in [0.5, 0.6) is 0 Å². The number of hydrogen-bond acceptors (Lipinski definition) is 7. The highest BCUT2D eigenvalue weighted by atomic mass is 32.2. The number of nitrogens with two attached hydrogens (primary N) is 1. The molecule has 0 bridgehead atoms. The summed E-state index contributed by atoms with van der Waals surface area (Å²) in [5.41, 5.74) is 6.49. The summed E-state index contributed by atoms with van der Waals surface area (Å²) >= 11 is 2.51. The number of anilines is 3. The van der Waals surface area contributed by atoms with Gasteiger partial charge in [-0.25, -0.2) is 4.39 Å².